The van der Waals surface area contributed by atoms with Crippen LogP contribution in [0.1, 0.15) is 51.0 Å². The van der Waals surface area contributed by atoms with Crippen molar-refractivity contribution >= 4 is 54.7 Å². The minimum atomic E-state index is -0.939. The molecule has 8 rings (SSSR count). The molecule has 2 aromatic heterocycles. The van der Waals surface area contributed by atoms with Crippen molar-refractivity contribution in [1.29, 1.82) is 5.26 Å². The monoisotopic (exact) mass is 698 g/mol. The van der Waals surface area contributed by atoms with Gasteiger partial charge in [0.2, 0.25) is 0 Å². The molecule has 48 heavy (non-hydrogen) atoms. The second kappa shape index (κ2) is 12.1. The van der Waals surface area contributed by atoms with Crippen LogP contribution in [0, 0.1) is 23.0 Å². The minimum absolute atomic E-state index is 0.0282. The van der Waals surface area contributed by atoms with Crippen LogP contribution >= 0.6 is 22.9 Å². The third-order valence-electron chi connectivity index (χ3n) is 10.5. The highest BCUT2D eigenvalue weighted by Crippen LogP contribution is 2.51. The highest BCUT2D eigenvalue weighted by Gasteiger charge is 2.49. The lowest BCUT2D eigenvalue weighted by Gasteiger charge is -2.37. The van der Waals surface area contributed by atoms with E-state index in [-0.39, 0.29) is 79.4 Å². The maximum atomic E-state index is 17.2. The van der Waals surface area contributed by atoms with Crippen LogP contribution in [0.2, 0.25) is 5.02 Å². The zero-order chi connectivity index (χ0) is 33.3. The lowest BCUT2D eigenvalue weighted by molar-refractivity contribution is 0.00447. The van der Waals surface area contributed by atoms with E-state index in [2.05, 4.69) is 21.7 Å². The number of alkyl halides is 1. The summed E-state index contributed by atoms with van der Waals surface area (Å²) in [5.74, 6) is -0.738. The first kappa shape index (κ1) is 31.7. The van der Waals surface area contributed by atoms with Crippen LogP contribution in [0.15, 0.2) is 12.1 Å². The molecule has 2 N–H and O–H groups in total. The van der Waals surface area contributed by atoms with Crippen molar-refractivity contribution in [2.75, 3.05) is 50.1 Å². The number of ether oxygens (including phenoxy) is 3. The number of aromatic nitrogens is 2. The molecular weight excluding hydrogens is 665 g/mol. The third-order valence-corrected chi connectivity index (χ3v) is 11.8. The molecular formula is C34H34ClF3N6O3S. The van der Waals surface area contributed by atoms with Crippen LogP contribution in [0.25, 0.3) is 32.1 Å². The number of anilines is 2. The summed E-state index contributed by atoms with van der Waals surface area (Å²) < 4.78 is 65.5. The number of rotatable bonds is 6. The van der Waals surface area contributed by atoms with Gasteiger partial charge in [0.15, 0.2) is 11.6 Å². The first-order valence-electron chi connectivity index (χ1n) is 16.4. The third kappa shape index (κ3) is 4.94. The van der Waals surface area contributed by atoms with Crippen molar-refractivity contribution in [3.8, 4) is 29.0 Å². The van der Waals surface area contributed by atoms with Gasteiger partial charge in [0.1, 0.15) is 47.6 Å². The van der Waals surface area contributed by atoms with Gasteiger partial charge in [0.25, 0.3) is 0 Å². The predicted molar refractivity (Wildman–Crippen MR) is 179 cm³/mol. The maximum absolute atomic E-state index is 17.2. The SMILES string of the molecule is CCC1CC(N2CCOc3c(Cl)c(-c4ccc(F)c5sc(N)c(C#N)c45)c(F)c4nc(OCC56CCCN5C[C@H](F)C6)nc2c34)CCO1. The van der Waals surface area contributed by atoms with E-state index < -0.39 is 23.3 Å². The molecule has 9 nitrogen and oxygen atoms in total. The molecule has 3 saturated heterocycles. The molecule has 0 aliphatic carbocycles. The van der Waals surface area contributed by atoms with Crippen molar-refractivity contribution in [2.24, 2.45) is 0 Å². The van der Waals surface area contributed by atoms with Crippen molar-refractivity contribution < 1.29 is 27.4 Å². The minimum Gasteiger partial charge on any atom is -0.489 e. The van der Waals surface area contributed by atoms with Crippen molar-refractivity contribution in [2.45, 2.75) is 69.3 Å². The van der Waals surface area contributed by atoms with E-state index in [1.54, 1.807) is 0 Å². The summed E-state index contributed by atoms with van der Waals surface area (Å²) in [5.41, 5.74) is 5.71. The zero-order valence-corrected chi connectivity index (χ0v) is 27.9. The molecule has 0 saturated carbocycles. The van der Waals surface area contributed by atoms with Crippen LogP contribution in [-0.2, 0) is 4.74 Å². The van der Waals surface area contributed by atoms with Gasteiger partial charge in [-0.2, -0.15) is 15.2 Å². The molecule has 4 aliphatic rings. The maximum Gasteiger partial charge on any atom is 0.319 e. The fourth-order valence-corrected chi connectivity index (χ4v) is 9.45. The van der Waals surface area contributed by atoms with Gasteiger partial charge in [-0.15, -0.1) is 11.3 Å². The predicted octanol–water partition coefficient (Wildman–Crippen LogP) is 7.01. The molecule has 2 aromatic carbocycles. The van der Waals surface area contributed by atoms with E-state index >= 15 is 4.39 Å². The van der Waals surface area contributed by atoms with E-state index in [0.717, 1.165) is 50.0 Å². The number of hydrogen-bond acceptors (Lipinski definition) is 10. The zero-order valence-electron chi connectivity index (χ0n) is 26.3. The summed E-state index contributed by atoms with van der Waals surface area (Å²) in [6, 6.07) is 4.63. The van der Waals surface area contributed by atoms with Gasteiger partial charge < -0.3 is 24.8 Å². The lowest BCUT2D eigenvalue weighted by atomic mass is 9.95. The quantitative estimate of drug-likeness (QED) is 0.227. The fourth-order valence-electron chi connectivity index (χ4n) is 8.17. The van der Waals surface area contributed by atoms with Crippen LogP contribution in [0.4, 0.5) is 24.0 Å². The standard InChI is InChI=1S/C34H34ClF3N6O3S/c1-2-19-12-18(6-10-45-19)44-9-11-46-29-25-28(41-33(42-32(25)44)47-16-34-7-3-8-43(34)15-17(36)13-34)27(38)24(26(29)35)20-4-5-22(37)30-23(20)21(14-39)31(40)48-30/h4-5,17-19H,2-3,6-13,15-16,40H2,1H3/t17-,18?,19?,34?/m1/s1. The largest absolute Gasteiger partial charge is 0.489 e. The van der Waals surface area contributed by atoms with Gasteiger partial charge in [-0.05, 0) is 50.3 Å². The molecule has 0 radical (unpaired) electrons. The van der Waals surface area contributed by atoms with Gasteiger partial charge in [-0.3, -0.25) is 4.90 Å². The Morgan fingerprint density at radius 2 is 2.08 bits per heavy atom. The van der Waals surface area contributed by atoms with E-state index in [9.17, 15) is 14.0 Å². The molecule has 4 atom stereocenters. The van der Waals surface area contributed by atoms with Crippen molar-refractivity contribution in [3.05, 3.63) is 34.4 Å². The van der Waals surface area contributed by atoms with E-state index in [1.165, 1.54) is 12.1 Å². The van der Waals surface area contributed by atoms with Crippen LogP contribution in [0.5, 0.6) is 11.8 Å². The second-order valence-corrected chi connectivity index (χ2v) is 14.6. The summed E-state index contributed by atoms with van der Waals surface area (Å²) in [7, 11) is 0. The van der Waals surface area contributed by atoms with Crippen LogP contribution < -0.4 is 20.1 Å². The van der Waals surface area contributed by atoms with E-state index in [1.807, 2.05) is 6.07 Å². The fraction of sp³-hybridized carbons (Fsp3) is 0.500. The average Bonchev–Trinajstić information content (AvgIpc) is 3.68. The average molecular weight is 699 g/mol. The Bertz CT molecular complexity index is 1990. The topological polar surface area (TPSA) is 110 Å². The van der Waals surface area contributed by atoms with Gasteiger partial charge in [0.05, 0.1) is 38.9 Å². The molecule has 0 spiro atoms. The number of nitrogen functional groups attached to an aromatic ring is 1. The van der Waals surface area contributed by atoms with E-state index in [4.69, 9.17) is 36.5 Å². The van der Waals surface area contributed by atoms with Gasteiger partial charge in [0, 0.05) is 36.6 Å². The highest BCUT2D eigenvalue weighted by molar-refractivity contribution is 7.23. The number of hydrogen-bond donors (Lipinski definition) is 1. The number of benzene rings is 2. The van der Waals surface area contributed by atoms with Gasteiger partial charge >= 0.3 is 6.01 Å². The number of fused-ring (bicyclic) bond motifs is 2. The summed E-state index contributed by atoms with van der Waals surface area (Å²) in [6.45, 7) is 4.65. The number of halogens is 4. The Morgan fingerprint density at radius 1 is 1.23 bits per heavy atom. The van der Waals surface area contributed by atoms with E-state index in [0.29, 0.717) is 37.3 Å². The highest BCUT2D eigenvalue weighted by atomic mass is 35.5. The Hall–Kier alpha value is -3.57. The number of nitrogens with two attached hydrogens (primary N) is 1. The summed E-state index contributed by atoms with van der Waals surface area (Å²) >= 11 is 7.97. The van der Waals surface area contributed by atoms with Crippen LogP contribution in [0.3, 0.4) is 0 Å². The van der Waals surface area contributed by atoms with Gasteiger partial charge in [-0.25, -0.2) is 13.2 Å². The molecule has 0 bridgehead atoms. The molecule has 6 heterocycles. The smallest absolute Gasteiger partial charge is 0.319 e. The Kier molecular flexibility index (Phi) is 7.98. The second-order valence-electron chi connectivity index (χ2n) is 13.1. The molecule has 4 aliphatic heterocycles. The van der Waals surface area contributed by atoms with Crippen molar-refractivity contribution in [1.82, 2.24) is 14.9 Å². The number of nitrogens with zero attached hydrogens (tertiary/aromatic N) is 5. The molecule has 0 amide bonds. The summed E-state index contributed by atoms with van der Waals surface area (Å²) in [5, 5.41) is 10.5. The summed E-state index contributed by atoms with van der Waals surface area (Å²) in [6.07, 6.45) is 3.56. The van der Waals surface area contributed by atoms with Crippen LogP contribution in [-0.4, -0.2) is 78.2 Å². The first-order chi connectivity index (χ1) is 23.2. The molecule has 14 heteroatoms. The first-order valence-corrected chi connectivity index (χ1v) is 17.6. The molecule has 252 valence electrons. The molecule has 4 aromatic rings. The summed E-state index contributed by atoms with van der Waals surface area (Å²) in [4.78, 5) is 13.8. The number of thiophene rings is 1. The van der Waals surface area contributed by atoms with Crippen molar-refractivity contribution in [3.63, 3.8) is 0 Å². The molecule has 3 fully saturated rings. The number of nitriles is 1. The Labute approximate surface area is 284 Å². The lowest BCUT2D eigenvalue weighted by Crippen LogP contribution is -2.44. The normalized spacial score (nSPS) is 25.7. The molecule has 3 unspecified atom stereocenters. The Balaban J connectivity index is 1.33. The Morgan fingerprint density at radius 3 is 2.90 bits per heavy atom. The van der Waals surface area contributed by atoms with Gasteiger partial charge in [-0.1, -0.05) is 24.6 Å².